The number of aliphatic hydroxyl groups is 1. The number of carbonyl (C=O) groups is 2. The molecule has 0 aliphatic heterocycles. The molecule has 0 saturated heterocycles. The Balaban J connectivity index is 3.95. The lowest BCUT2D eigenvalue weighted by Crippen LogP contribution is -2.23. The summed E-state index contributed by atoms with van der Waals surface area (Å²) in [4.78, 5) is 22.0. The summed E-state index contributed by atoms with van der Waals surface area (Å²) in [5.41, 5.74) is 0. The zero-order valence-electron chi connectivity index (χ0n) is 8.08. The molecular formula is C9H16O4. The molecule has 13 heavy (non-hydrogen) atoms. The van der Waals surface area contributed by atoms with E-state index in [2.05, 4.69) is 4.74 Å². The maximum Gasteiger partial charge on any atom is 0.316 e. The van der Waals surface area contributed by atoms with Crippen molar-refractivity contribution < 1.29 is 19.4 Å². The largest absolute Gasteiger partial charge is 0.468 e. The van der Waals surface area contributed by atoms with E-state index in [-0.39, 0.29) is 12.4 Å². The number of methoxy groups -OCH3 is 1. The number of ether oxygens (including phenoxy) is 1. The van der Waals surface area contributed by atoms with Gasteiger partial charge in [0.1, 0.15) is 11.7 Å². The monoisotopic (exact) mass is 188 g/mol. The van der Waals surface area contributed by atoms with Gasteiger partial charge in [0.05, 0.1) is 7.11 Å². The van der Waals surface area contributed by atoms with Gasteiger partial charge in [-0.05, 0) is 26.2 Å². The fraction of sp³-hybridized carbons (Fsp3) is 0.778. The fourth-order valence-electron chi connectivity index (χ4n) is 1.09. The van der Waals surface area contributed by atoms with Crippen molar-refractivity contribution in [1.29, 1.82) is 0 Å². The predicted molar refractivity (Wildman–Crippen MR) is 47.1 cm³/mol. The van der Waals surface area contributed by atoms with Gasteiger partial charge in [0, 0.05) is 6.61 Å². The minimum atomic E-state index is -0.656. The smallest absolute Gasteiger partial charge is 0.316 e. The topological polar surface area (TPSA) is 63.6 Å². The van der Waals surface area contributed by atoms with Crippen molar-refractivity contribution in [2.75, 3.05) is 13.7 Å². The molecule has 4 heteroatoms. The van der Waals surface area contributed by atoms with E-state index >= 15 is 0 Å². The van der Waals surface area contributed by atoms with E-state index < -0.39 is 11.9 Å². The number of unbranched alkanes of at least 4 members (excludes halogenated alkanes) is 1. The minimum Gasteiger partial charge on any atom is -0.468 e. The Morgan fingerprint density at radius 2 is 2.00 bits per heavy atom. The Morgan fingerprint density at radius 3 is 2.38 bits per heavy atom. The molecule has 0 aliphatic rings. The van der Waals surface area contributed by atoms with Gasteiger partial charge in [-0.15, -0.1) is 0 Å². The molecule has 0 fully saturated rings. The third-order valence-corrected chi connectivity index (χ3v) is 1.88. The van der Waals surface area contributed by atoms with E-state index in [1.165, 1.54) is 14.0 Å². The van der Waals surface area contributed by atoms with Crippen molar-refractivity contribution in [3.8, 4) is 0 Å². The third kappa shape index (κ3) is 4.62. The summed E-state index contributed by atoms with van der Waals surface area (Å²) >= 11 is 0. The summed E-state index contributed by atoms with van der Waals surface area (Å²) in [6, 6.07) is 0. The molecule has 1 unspecified atom stereocenters. The molecule has 1 atom stereocenters. The molecule has 0 spiro atoms. The van der Waals surface area contributed by atoms with Gasteiger partial charge in [-0.1, -0.05) is 0 Å². The summed E-state index contributed by atoms with van der Waals surface area (Å²) in [5.74, 6) is -1.31. The van der Waals surface area contributed by atoms with Gasteiger partial charge in [-0.2, -0.15) is 0 Å². The second-order valence-electron chi connectivity index (χ2n) is 2.91. The van der Waals surface area contributed by atoms with Crippen LogP contribution in [0.1, 0.15) is 26.2 Å². The second kappa shape index (κ2) is 6.60. The first-order valence-corrected chi connectivity index (χ1v) is 4.32. The molecule has 0 saturated carbocycles. The van der Waals surface area contributed by atoms with E-state index in [1.54, 1.807) is 0 Å². The lowest BCUT2D eigenvalue weighted by Gasteiger charge is -2.09. The van der Waals surface area contributed by atoms with Gasteiger partial charge in [-0.25, -0.2) is 0 Å². The number of hydrogen-bond donors (Lipinski definition) is 1. The van der Waals surface area contributed by atoms with Crippen LogP contribution >= 0.6 is 0 Å². The van der Waals surface area contributed by atoms with Gasteiger partial charge >= 0.3 is 5.97 Å². The normalized spacial score (nSPS) is 12.2. The van der Waals surface area contributed by atoms with E-state index in [0.29, 0.717) is 19.3 Å². The predicted octanol–water partition coefficient (Wildman–Crippen LogP) is 0.527. The van der Waals surface area contributed by atoms with E-state index in [9.17, 15) is 9.59 Å². The first kappa shape index (κ1) is 12.1. The van der Waals surface area contributed by atoms with Crippen molar-refractivity contribution in [3.05, 3.63) is 0 Å². The molecule has 0 aromatic rings. The molecule has 0 radical (unpaired) electrons. The summed E-state index contributed by atoms with van der Waals surface area (Å²) in [7, 11) is 1.27. The van der Waals surface area contributed by atoms with Gasteiger partial charge in [-0.3, -0.25) is 9.59 Å². The van der Waals surface area contributed by atoms with Crippen LogP contribution in [0.25, 0.3) is 0 Å². The maximum absolute atomic E-state index is 11.0. The molecular weight excluding hydrogens is 172 g/mol. The lowest BCUT2D eigenvalue weighted by atomic mass is 9.98. The Kier molecular flexibility index (Phi) is 6.14. The summed E-state index contributed by atoms with van der Waals surface area (Å²) in [6.07, 6.45) is 1.74. The number of aliphatic hydroxyl groups excluding tert-OH is 1. The van der Waals surface area contributed by atoms with Crippen LogP contribution in [0, 0.1) is 5.92 Å². The molecule has 76 valence electrons. The number of carbonyl (C=O) groups excluding carboxylic acids is 2. The van der Waals surface area contributed by atoms with Gasteiger partial charge < -0.3 is 9.84 Å². The first-order chi connectivity index (χ1) is 6.13. The number of esters is 1. The molecule has 0 rings (SSSR count). The summed E-state index contributed by atoms with van der Waals surface area (Å²) < 4.78 is 4.48. The van der Waals surface area contributed by atoms with Gasteiger partial charge in [0.15, 0.2) is 0 Å². The highest BCUT2D eigenvalue weighted by Crippen LogP contribution is 2.11. The van der Waals surface area contributed by atoms with Crippen molar-refractivity contribution >= 4 is 11.8 Å². The van der Waals surface area contributed by atoms with Crippen LogP contribution in [0.15, 0.2) is 0 Å². The van der Waals surface area contributed by atoms with Crippen molar-refractivity contribution in [1.82, 2.24) is 0 Å². The van der Waals surface area contributed by atoms with Crippen molar-refractivity contribution in [2.45, 2.75) is 26.2 Å². The molecule has 0 amide bonds. The highest BCUT2D eigenvalue weighted by molar-refractivity contribution is 5.97. The second-order valence-corrected chi connectivity index (χ2v) is 2.91. The lowest BCUT2D eigenvalue weighted by molar-refractivity contribution is -0.149. The van der Waals surface area contributed by atoms with E-state index in [0.717, 1.165) is 0 Å². The first-order valence-electron chi connectivity index (χ1n) is 4.32. The highest BCUT2D eigenvalue weighted by atomic mass is 16.5. The number of hydrogen-bond acceptors (Lipinski definition) is 4. The Labute approximate surface area is 77.9 Å². The summed E-state index contributed by atoms with van der Waals surface area (Å²) in [6.45, 7) is 1.46. The van der Waals surface area contributed by atoms with Crippen molar-refractivity contribution in [2.24, 2.45) is 5.92 Å². The SMILES string of the molecule is COC(=O)C(CCCCO)C(C)=O. The highest BCUT2D eigenvalue weighted by Gasteiger charge is 2.22. The molecule has 0 aromatic carbocycles. The summed E-state index contributed by atoms with van der Waals surface area (Å²) in [5, 5.41) is 8.51. The molecule has 0 bridgehead atoms. The Morgan fingerprint density at radius 1 is 1.38 bits per heavy atom. The average Bonchev–Trinajstić information content (AvgIpc) is 2.11. The molecule has 0 aliphatic carbocycles. The van der Waals surface area contributed by atoms with Gasteiger partial charge in [0.25, 0.3) is 0 Å². The standard InChI is InChI=1S/C9H16O4/c1-7(11)8(9(12)13-2)5-3-4-6-10/h8,10H,3-6H2,1-2H3. The Bertz CT molecular complexity index is 176. The van der Waals surface area contributed by atoms with Crippen LogP contribution in [-0.4, -0.2) is 30.6 Å². The number of Topliss-reactive ketones (excluding diaryl/α,β-unsaturated/α-hetero) is 1. The van der Waals surface area contributed by atoms with Crippen LogP contribution in [0.5, 0.6) is 0 Å². The fourth-order valence-corrected chi connectivity index (χ4v) is 1.09. The quantitative estimate of drug-likeness (QED) is 0.375. The van der Waals surface area contributed by atoms with E-state index in [4.69, 9.17) is 5.11 Å². The number of rotatable bonds is 6. The number of ketones is 1. The molecule has 0 aromatic heterocycles. The van der Waals surface area contributed by atoms with Crippen LogP contribution in [0.3, 0.4) is 0 Å². The van der Waals surface area contributed by atoms with Crippen LogP contribution in [0.4, 0.5) is 0 Å². The molecule has 0 heterocycles. The minimum absolute atomic E-state index is 0.0891. The zero-order valence-corrected chi connectivity index (χ0v) is 8.08. The average molecular weight is 188 g/mol. The van der Waals surface area contributed by atoms with Crippen LogP contribution in [0.2, 0.25) is 0 Å². The van der Waals surface area contributed by atoms with Crippen LogP contribution < -0.4 is 0 Å². The van der Waals surface area contributed by atoms with Gasteiger partial charge in [0.2, 0.25) is 0 Å². The molecule has 4 nitrogen and oxygen atoms in total. The van der Waals surface area contributed by atoms with E-state index in [1.807, 2.05) is 0 Å². The maximum atomic E-state index is 11.0. The molecule has 1 N–H and O–H groups in total. The zero-order chi connectivity index (χ0) is 10.3. The Hall–Kier alpha value is -0.900. The van der Waals surface area contributed by atoms with Crippen LogP contribution in [-0.2, 0) is 14.3 Å². The third-order valence-electron chi connectivity index (χ3n) is 1.88. The van der Waals surface area contributed by atoms with Crippen molar-refractivity contribution in [3.63, 3.8) is 0 Å².